The first-order valence-corrected chi connectivity index (χ1v) is 6.43. The van der Waals surface area contributed by atoms with Crippen molar-refractivity contribution in [1.29, 1.82) is 0 Å². The van der Waals surface area contributed by atoms with Gasteiger partial charge < -0.3 is 14.8 Å². The summed E-state index contributed by atoms with van der Waals surface area (Å²) in [6.45, 7) is 7.65. The molecule has 1 aliphatic rings. The smallest absolute Gasteiger partial charge is 0.408 e. The molecule has 1 rings (SSSR count). The second kappa shape index (κ2) is 5.59. The minimum absolute atomic E-state index is 0.213. The Morgan fingerprint density at radius 1 is 1.28 bits per heavy atom. The topological polar surface area (TPSA) is 64.6 Å². The van der Waals surface area contributed by atoms with E-state index < -0.39 is 11.7 Å². The molecule has 5 heteroatoms. The highest BCUT2D eigenvalue weighted by Gasteiger charge is 2.44. The largest absolute Gasteiger partial charge is 0.466 e. The first kappa shape index (κ1) is 14.8. The molecule has 0 radical (unpaired) electrons. The second-order valence-electron chi connectivity index (χ2n) is 5.71. The lowest BCUT2D eigenvalue weighted by Crippen LogP contribution is -2.41. The summed E-state index contributed by atoms with van der Waals surface area (Å²) in [7, 11) is 0. The summed E-state index contributed by atoms with van der Waals surface area (Å²) in [5.41, 5.74) is -0.754. The quantitative estimate of drug-likeness (QED) is 0.768. The molecule has 0 unspecified atom stereocenters. The predicted octanol–water partition coefficient (Wildman–Crippen LogP) is 2.39. The van der Waals surface area contributed by atoms with E-state index in [0.29, 0.717) is 19.4 Å². The van der Waals surface area contributed by atoms with E-state index in [4.69, 9.17) is 9.47 Å². The van der Waals surface area contributed by atoms with E-state index in [9.17, 15) is 9.59 Å². The summed E-state index contributed by atoms with van der Waals surface area (Å²) in [5, 5.41) is 2.85. The van der Waals surface area contributed by atoms with Gasteiger partial charge in [0.15, 0.2) is 0 Å². The molecule has 0 heterocycles. The van der Waals surface area contributed by atoms with Crippen LogP contribution >= 0.6 is 0 Å². The van der Waals surface area contributed by atoms with Gasteiger partial charge in [-0.3, -0.25) is 4.79 Å². The van der Waals surface area contributed by atoms with Crippen molar-refractivity contribution in [2.75, 3.05) is 6.61 Å². The minimum Gasteiger partial charge on any atom is -0.466 e. The van der Waals surface area contributed by atoms with Gasteiger partial charge >= 0.3 is 12.1 Å². The first-order chi connectivity index (χ1) is 8.26. The Hall–Kier alpha value is -1.26. The number of carbonyl (C=O) groups excluding carboxylic acids is 2. The van der Waals surface area contributed by atoms with Crippen LogP contribution in [0.1, 0.15) is 53.4 Å². The number of alkyl carbamates (subject to hydrolysis) is 1. The highest BCUT2D eigenvalue weighted by atomic mass is 16.6. The molecule has 0 bridgehead atoms. The van der Waals surface area contributed by atoms with Crippen molar-refractivity contribution in [3.8, 4) is 0 Å². The molecule has 1 fully saturated rings. The molecule has 0 aromatic carbocycles. The molecule has 0 aromatic rings. The zero-order valence-electron chi connectivity index (χ0n) is 11.7. The Labute approximate surface area is 108 Å². The van der Waals surface area contributed by atoms with E-state index in [2.05, 4.69) is 5.32 Å². The van der Waals surface area contributed by atoms with Gasteiger partial charge in [0.05, 0.1) is 6.61 Å². The van der Waals surface area contributed by atoms with Crippen LogP contribution in [0.3, 0.4) is 0 Å². The zero-order chi connectivity index (χ0) is 13.8. The third-order valence-electron chi connectivity index (χ3n) is 2.73. The van der Waals surface area contributed by atoms with Gasteiger partial charge in [0.1, 0.15) is 5.60 Å². The van der Waals surface area contributed by atoms with E-state index in [-0.39, 0.29) is 11.5 Å². The molecule has 5 nitrogen and oxygen atoms in total. The predicted molar refractivity (Wildman–Crippen MR) is 67.2 cm³/mol. The van der Waals surface area contributed by atoms with Crippen molar-refractivity contribution >= 4 is 12.1 Å². The van der Waals surface area contributed by atoms with E-state index in [1.54, 1.807) is 6.92 Å². The Kier molecular flexibility index (Phi) is 4.59. The molecule has 18 heavy (non-hydrogen) atoms. The number of hydrogen-bond acceptors (Lipinski definition) is 4. The third-order valence-corrected chi connectivity index (χ3v) is 2.73. The Balaban J connectivity index is 2.32. The highest BCUT2D eigenvalue weighted by molar-refractivity contribution is 5.71. The van der Waals surface area contributed by atoms with Crippen LogP contribution in [0.25, 0.3) is 0 Å². The fraction of sp³-hybridized carbons (Fsp3) is 0.846. The fourth-order valence-corrected chi connectivity index (χ4v) is 1.68. The van der Waals surface area contributed by atoms with Crippen molar-refractivity contribution in [3.05, 3.63) is 0 Å². The molecule has 0 atom stereocenters. The summed E-state index contributed by atoms with van der Waals surface area (Å²) in [6, 6.07) is 0. The number of nitrogens with one attached hydrogen (secondary N) is 1. The Morgan fingerprint density at radius 2 is 1.89 bits per heavy atom. The maximum atomic E-state index is 11.6. The van der Waals surface area contributed by atoms with Crippen LogP contribution in [0.2, 0.25) is 0 Å². The van der Waals surface area contributed by atoms with Crippen molar-refractivity contribution in [2.45, 2.75) is 64.5 Å². The molecular formula is C13H23NO4. The van der Waals surface area contributed by atoms with Gasteiger partial charge in [-0.05, 0) is 47.0 Å². The van der Waals surface area contributed by atoms with E-state index in [1.165, 1.54) is 0 Å². The molecule has 0 saturated heterocycles. The normalized spacial score (nSPS) is 16.9. The Morgan fingerprint density at radius 3 is 2.33 bits per heavy atom. The number of amides is 1. The lowest BCUT2D eigenvalue weighted by molar-refractivity contribution is -0.143. The SMILES string of the molecule is CCOC(=O)CCC1(NC(=O)OC(C)(C)C)CC1. The van der Waals surface area contributed by atoms with E-state index >= 15 is 0 Å². The number of hydrogen-bond donors (Lipinski definition) is 1. The second-order valence-corrected chi connectivity index (χ2v) is 5.71. The van der Waals surface area contributed by atoms with Crippen LogP contribution < -0.4 is 5.32 Å². The van der Waals surface area contributed by atoms with Crippen LogP contribution in [-0.4, -0.2) is 29.8 Å². The molecule has 1 amide bonds. The number of carbonyl (C=O) groups is 2. The van der Waals surface area contributed by atoms with Crippen molar-refractivity contribution in [2.24, 2.45) is 0 Å². The maximum absolute atomic E-state index is 11.6. The van der Waals surface area contributed by atoms with E-state index in [0.717, 1.165) is 12.8 Å². The zero-order valence-corrected chi connectivity index (χ0v) is 11.7. The van der Waals surface area contributed by atoms with E-state index in [1.807, 2.05) is 20.8 Å². The molecular weight excluding hydrogens is 234 g/mol. The van der Waals surface area contributed by atoms with Crippen LogP contribution in [0.15, 0.2) is 0 Å². The standard InChI is InChI=1S/C13H23NO4/c1-5-17-10(15)6-7-13(8-9-13)14-11(16)18-12(2,3)4/h5-9H2,1-4H3,(H,14,16). The van der Waals surface area contributed by atoms with Gasteiger partial charge in [-0.15, -0.1) is 0 Å². The summed E-state index contributed by atoms with van der Waals surface area (Å²) in [4.78, 5) is 22.9. The van der Waals surface area contributed by atoms with Gasteiger partial charge in [-0.1, -0.05) is 0 Å². The van der Waals surface area contributed by atoms with Crippen molar-refractivity contribution in [1.82, 2.24) is 5.32 Å². The van der Waals surface area contributed by atoms with Crippen LogP contribution in [-0.2, 0) is 14.3 Å². The number of esters is 1. The van der Waals surface area contributed by atoms with Crippen molar-refractivity contribution < 1.29 is 19.1 Å². The summed E-state index contributed by atoms with van der Waals surface area (Å²) >= 11 is 0. The van der Waals surface area contributed by atoms with Crippen molar-refractivity contribution in [3.63, 3.8) is 0 Å². The van der Waals surface area contributed by atoms with Gasteiger partial charge in [-0.2, -0.15) is 0 Å². The van der Waals surface area contributed by atoms with Crippen LogP contribution in [0, 0.1) is 0 Å². The van der Waals surface area contributed by atoms with Gasteiger partial charge in [0, 0.05) is 12.0 Å². The highest BCUT2D eigenvalue weighted by Crippen LogP contribution is 2.40. The molecule has 0 aliphatic heterocycles. The average molecular weight is 257 g/mol. The third kappa shape index (κ3) is 5.38. The lowest BCUT2D eigenvalue weighted by Gasteiger charge is -2.23. The summed E-state index contributed by atoms with van der Waals surface area (Å²) in [5.74, 6) is -0.213. The minimum atomic E-state index is -0.499. The number of ether oxygens (including phenoxy) is 2. The van der Waals surface area contributed by atoms with Crippen LogP contribution in [0.5, 0.6) is 0 Å². The lowest BCUT2D eigenvalue weighted by atomic mass is 10.1. The number of rotatable bonds is 5. The molecule has 1 aliphatic carbocycles. The summed E-state index contributed by atoms with van der Waals surface area (Å²) < 4.78 is 10.1. The Bertz CT molecular complexity index is 315. The molecule has 0 aromatic heterocycles. The average Bonchev–Trinajstić information content (AvgIpc) is 2.93. The maximum Gasteiger partial charge on any atom is 0.408 e. The van der Waals surface area contributed by atoms with Gasteiger partial charge in [-0.25, -0.2) is 4.79 Å². The van der Waals surface area contributed by atoms with Gasteiger partial charge in [0.25, 0.3) is 0 Å². The first-order valence-electron chi connectivity index (χ1n) is 6.43. The monoisotopic (exact) mass is 257 g/mol. The molecule has 0 spiro atoms. The molecule has 1 saturated carbocycles. The molecule has 104 valence electrons. The molecule has 1 N–H and O–H groups in total. The summed E-state index contributed by atoms with van der Waals surface area (Å²) in [6.07, 6.45) is 2.33. The fourth-order valence-electron chi connectivity index (χ4n) is 1.68. The van der Waals surface area contributed by atoms with Crippen LogP contribution in [0.4, 0.5) is 4.79 Å². The van der Waals surface area contributed by atoms with Gasteiger partial charge in [0.2, 0.25) is 0 Å².